The van der Waals surface area contributed by atoms with E-state index in [9.17, 15) is 14.0 Å². The second kappa shape index (κ2) is 7.99. The highest BCUT2D eigenvalue weighted by atomic mass is 19.1. The summed E-state index contributed by atoms with van der Waals surface area (Å²) in [7, 11) is 0. The maximum absolute atomic E-state index is 13.6. The Balaban J connectivity index is 1.57. The fraction of sp³-hybridized carbons (Fsp3) is 0.300. The number of likely N-dealkylation sites (tertiary alicyclic amines) is 1. The Morgan fingerprint density at radius 1 is 1.15 bits per heavy atom. The van der Waals surface area contributed by atoms with E-state index in [1.165, 1.54) is 6.07 Å². The molecule has 26 heavy (non-hydrogen) atoms. The molecule has 5 nitrogen and oxygen atoms in total. The third-order valence-electron chi connectivity index (χ3n) is 4.49. The summed E-state index contributed by atoms with van der Waals surface area (Å²) in [6.07, 6.45) is 1.62. The number of benzene rings is 2. The molecule has 136 valence electrons. The van der Waals surface area contributed by atoms with Crippen molar-refractivity contribution in [2.24, 2.45) is 0 Å². The summed E-state index contributed by atoms with van der Waals surface area (Å²) < 4.78 is 13.6. The van der Waals surface area contributed by atoms with Crippen molar-refractivity contribution in [1.29, 1.82) is 0 Å². The molecule has 0 bridgehead atoms. The maximum atomic E-state index is 13.6. The van der Waals surface area contributed by atoms with Crippen molar-refractivity contribution in [3.63, 3.8) is 0 Å². The first-order valence-corrected chi connectivity index (χ1v) is 8.71. The lowest BCUT2D eigenvalue weighted by Crippen LogP contribution is -2.50. The lowest BCUT2D eigenvalue weighted by molar-refractivity contribution is 0.0698. The number of carbonyl (C=O) groups is 2. The summed E-state index contributed by atoms with van der Waals surface area (Å²) in [5.74, 6) is -0.391. The van der Waals surface area contributed by atoms with E-state index in [1.54, 1.807) is 36.1 Å². The molecule has 6 heteroatoms. The Labute approximate surface area is 152 Å². The first kappa shape index (κ1) is 17.9. The summed E-state index contributed by atoms with van der Waals surface area (Å²) in [5.41, 5.74) is 1.57. The number of rotatable bonds is 3. The third-order valence-corrected chi connectivity index (χ3v) is 4.49. The van der Waals surface area contributed by atoms with Gasteiger partial charge in [0.1, 0.15) is 5.82 Å². The number of urea groups is 1. The monoisotopic (exact) mass is 355 g/mol. The standard InChI is InChI=1S/C20H22FN3O2/c1-14-9-10-16(12-18(14)21)22-20(26)23-17-8-5-11-24(13-17)19(25)15-6-3-2-4-7-15/h2-4,6-7,9-10,12,17H,5,8,11,13H2,1H3,(H2,22,23,26)/t17-/m0/s1. The van der Waals surface area contributed by atoms with E-state index in [-0.39, 0.29) is 17.8 Å². The van der Waals surface area contributed by atoms with Crippen LogP contribution in [0, 0.1) is 12.7 Å². The minimum atomic E-state index is -0.396. The number of nitrogens with zero attached hydrogens (tertiary/aromatic N) is 1. The zero-order valence-electron chi connectivity index (χ0n) is 14.7. The van der Waals surface area contributed by atoms with Crippen LogP contribution in [0.25, 0.3) is 0 Å². The molecule has 1 saturated heterocycles. The van der Waals surface area contributed by atoms with Gasteiger partial charge in [-0.1, -0.05) is 24.3 Å². The van der Waals surface area contributed by atoms with Crippen molar-refractivity contribution in [1.82, 2.24) is 10.2 Å². The zero-order valence-corrected chi connectivity index (χ0v) is 14.7. The molecule has 0 aliphatic carbocycles. The smallest absolute Gasteiger partial charge is 0.319 e. The van der Waals surface area contributed by atoms with Gasteiger partial charge >= 0.3 is 6.03 Å². The number of hydrogen-bond acceptors (Lipinski definition) is 2. The molecular weight excluding hydrogens is 333 g/mol. The molecule has 0 saturated carbocycles. The number of anilines is 1. The minimum Gasteiger partial charge on any atom is -0.337 e. The Hall–Kier alpha value is -2.89. The first-order valence-electron chi connectivity index (χ1n) is 8.71. The van der Waals surface area contributed by atoms with Crippen LogP contribution < -0.4 is 10.6 Å². The molecule has 1 aliphatic rings. The van der Waals surface area contributed by atoms with Gasteiger partial charge in [0.25, 0.3) is 5.91 Å². The van der Waals surface area contributed by atoms with E-state index in [0.29, 0.717) is 29.9 Å². The molecule has 0 spiro atoms. The molecule has 0 aromatic heterocycles. The van der Waals surface area contributed by atoms with E-state index < -0.39 is 6.03 Å². The second-order valence-corrected chi connectivity index (χ2v) is 6.52. The average molecular weight is 355 g/mol. The Morgan fingerprint density at radius 3 is 2.65 bits per heavy atom. The van der Waals surface area contributed by atoms with E-state index in [2.05, 4.69) is 10.6 Å². The topological polar surface area (TPSA) is 61.4 Å². The normalized spacial score (nSPS) is 16.8. The van der Waals surface area contributed by atoms with Crippen molar-refractivity contribution in [2.75, 3.05) is 18.4 Å². The molecule has 2 aromatic rings. The van der Waals surface area contributed by atoms with Crippen molar-refractivity contribution >= 4 is 17.6 Å². The molecule has 0 unspecified atom stereocenters. The van der Waals surface area contributed by atoms with Crippen molar-refractivity contribution in [3.8, 4) is 0 Å². The molecule has 0 radical (unpaired) electrons. The predicted octanol–water partition coefficient (Wildman–Crippen LogP) is 3.56. The van der Waals surface area contributed by atoms with Gasteiger partial charge in [-0.25, -0.2) is 9.18 Å². The molecule has 2 aromatic carbocycles. The highest BCUT2D eigenvalue weighted by Crippen LogP contribution is 2.16. The quantitative estimate of drug-likeness (QED) is 0.884. The van der Waals surface area contributed by atoms with Crippen LogP contribution in [0.15, 0.2) is 48.5 Å². The van der Waals surface area contributed by atoms with Crippen LogP contribution in [-0.2, 0) is 0 Å². The Morgan fingerprint density at radius 2 is 1.92 bits per heavy atom. The molecule has 3 rings (SSSR count). The highest BCUT2D eigenvalue weighted by Gasteiger charge is 2.25. The van der Waals surface area contributed by atoms with E-state index in [4.69, 9.17) is 0 Å². The summed E-state index contributed by atoms with van der Waals surface area (Å²) in [4.78, 5) is 26.5. The number of amides is 3. The van der Waals surface area contributed by atoms with E-state index >= 15 is 0 Å². The van der Waals surface area contributed by atoms with Crippen LogP contribution in [0.4, 0.5) is 14.9 Å². The van der Waals surface area contributed by atoms with Gasteiger partial charge in [-0.3, -0.25) is 4.79 Å². The van der Waals surface area contributed by atoms with Gasteiger partial charge in [-0.15, -0.1) is 0 Å². The van der Waals surface area contributed by atoms with Gasteiger partial charge in [-0.05, 0) is 49.6 Å². The van der Waals surface area contributed by atoms with Crippen LogP contribution in [0.2, 0.25) is 0 Å². The Kier molecular flexibility index (Phi) is 5.51. The predicted molar refractivity (Wildman–Crippen MR) is 98.7 cm³/mol. The fourth-order valence-electron chi connectivity index (χ4n) is 3.07. The van der Waals surface area contributed by atoms with Crippen LogP contribution in [0.3, 0.4) is 0 Å². The number of aryl methyl sites for hydroxylation is 1. The number of halogens is 1. The molecule has 1 fully saturated rings. The second-order valence-electron chi connectivity index (χ2n) is 6.52. The largest absolute Gasteiger partial charge is 0.337 e. The number of hydrogen-bond donors (Lipinski definition) is 2. The minimum absolute atomic E-state index is 0.0295. The van der Waals surface area contributed by atoms with Crippen molar-refractivity contribution < 1.29 is 14.0 Å². The average Bonchev–Trinajstić information content (AvgIpc) is 2.65. The zero-order chi connectivity index (χ0) is 18.5. The number of piperidine rings is 1. The lowest BCUT2D eigenvalue weighted by atomic mass is 10.0. The van der Waals surface area contributed by atoms with Gasteiger partial charge in [0.05, 0.1) is 0 Å². The van der Waals surface area contributed by atoms with E-state index in [0.717, 1.165) is 12.8 Å². The van der Waals surface area contributed by atoms with Crippen molar-refractivity contribution in [3.05, 3.63) is 65.5 Å². The van der Waals surface area contributed by atoms with Gasteiger partial charge in [-0.2, -0.15) is 0 Å². The van der Waals surface area contributed by atoms with Crippen LogP contribution in [-0.4, -0.2) is 36.0 Å². The summed E-state index contributed by atoms with van der Waals surface area (Å²) >= 11 is 0. The van der Waals surface area contributed by atoms with Crippen LogP contribution in [0.1, 0.15) is 28.8 Å². The molecule has 1 atom stereocenters. The summed E-state index contributed by atoms with van der Waals surface area (Å²) in [5, 5.41) is 5.51. The maximum Gasteiger partial charge on any atom is 0.319 e. The number of nitrogens with one attached hydrogen (secondary N) is 2. The molecule has 1 aliphatic heterocycles. The van der Waals surface area contributed by atoms with Crippen LogP contribution in [0.5, 0.6) is 0 Å². The lowest BCUT2D eigenvalue weighted by Gasteiger charge is -2.33. The van der Waals surface area contributed by atoms with Crippen LogP contribution >= 0.6 is 0 Å². The van der Waals surface area contributed by atoms with E-state index in [1.807, 2.05) is 18.2 Å². The first-order chi connectivity index (χ1) is 12.5. The molecular formula is C20H22FN3O2. The SMILES string of the molecule is Cc1ccc(NC(=O)N[C@H]2CCCN(C(=O)c3ccccc3)C2)cc1F. The van der Waals surface area contributed by atoms with Gasteiger partial charge in [0.15, 0.2) is 0 Å². The summed E-state index contributed by atoms with van der Waals surface area (Å²) in [6.45, 7) is 2.81. The van der Waals surface area contributed by atoms with Gasteiger partial charge < -0.3 is 15.5 Å². The van der Waals surface area contributed by atoms with Crippen molar-refractivity contribution in [2.45, 2.75) is 25.8 Å². The highest BCUT2D eigenvalue weighted by molar-refractivity contribution is 5.94. The fourth-order valence-corrected chi connectivity index (χ4v) is 3.07. The molecule has 3 amide bonds. The molecule has 2 N–H and O–H groups in total. The van der Waals surface area contributed by atoms with Gasteiger partial charge in [0.2, 0.25) is 0 Å². The number of carbonyl (C=O) groups excluding carboxylic acids is 2. The molecule has 1 heterocycles. The third kappa shape index (κ3) is 4.39. The Bertz CT molecular complexity index is 795. The van der Waals surface area contributed by atoms with Gasteiger partial charge in [0, 0.05) is 30.4 Å². The summed E-state index contributed by atoms with van der Waals surface area (Å²) in [6, 6.07) is 13.2.